The Balaban J connectivity index is 2.05. The molecule has 18 heavy (non-hydrogen) atoms. The van der Waals surface area contributed by atoms with Gasteiger partial charge in [0.2, 0.25) is 11.9 Å². The summed E-state index contributed by atoms with van der Waals surface area (Å²) in [6, 6.07) is 5.67. The highest BCUT2D eigenvalue weighted by Crippen LogP contribution is 2.27. The van der Waals surface area contributed by atoms with E-state index < -0.39 is 0 Å². The summed E-state index contributed by atoms with van der Waals surface area (Å²) < 4.78 is 10.4. The normalized spacial score (nSPS) is 10.1. The molecule has 0 unspecified atom stereocenters. The molecule has 96 valence electrons. The molecule has 0 saturated heterocycles. The largest absolute Gasteiger partial charge is 0.493 e. The van der Waals surface area contributed by atoms with E-state index in [0.29, 0.717) is 24.0 Å². The molecule has 0 bridgehead atoms. The highest BCUT2D eigenvalue weighted by molar-refractivity contribution is 5.44. The fraction of sp³-hybridized carbons (Fsp3) is 0.273. The molecule has 0 saturated carbocycles. The van der Waals surface area contributed by atoms with Crippen LogP contribution in [-0.2, 0) is 6.54 Å². The summed E-state index contributed by atoms with van der Waals surface area (Å²) in [6.07, 6.45) is 0. The van der Waals surface area contributed by atoms with Gasteiger partial charge in [0, 0.05) is 6.54 Å². The number of nitrogen functional groups attached to an aromatic ring is 1. The Hall–Kier alpha value is -2.44. The lowest BCUT2D eigenvalue weighted by Gasteiger charge is -2.09. The molecule has 0 radical (unpaired) electrons. The van der Waals surface area contributed by atoms with Gasteiger partial charge in [-0.2, -0.15) is 4.98 Å². The zero-order valence-corrected chi connectivity index (χ0v) is 10.2. The van der Waals surface area contributed by atoms with Crippen LogP contribution in [0.15, 0.2) is 18.2 Å². The average molecular weight is 249 g/mol. The smallest absolute Gasteiger partial charge is 0.243 e. The number of rotatable bonds is 5. The number of aromatic amines is 1. The quantitative estimate of drug-likeness (QED) is 0.731. The van der Waals surface area contributed by atoms with Gasteiger partial charge in [-0.1, -0.05) is 6.07 Å². The first-order chi connectivity index (χ1) is 8.72. The molecule has 0 spiro atoms. The summed E-state index contributed by atoms with van der Waals surface area (Å²) in [5, 5.41) is 9.47. The Morgan fingerprint density at radius 1 is 1.28 bits per heavy atom. The Morgan fingerprint density at radius 2 is 2.06 bits per heavy atom. The molecule has 2 aromatic rings. The van der Waals surface area contributed by atoms with Crippen LogP contribution in [0.2, 0.25) is 0 Å². The maximum absolute atomic E-state index is 5.43. The first kappa shape index (κ1) is 12.0. The lowest BCUT2D eigenvalue weighted by atomic mass is 10.2. The molecule has 0 atom stereocenters. The van der Waals surface area contributed by atoms with Crippen LogP contribution in [0.25, 0.3) is 0 Å². The Labute approximate surface area is 104 Å². The minimum absolute atomic E-state index is 0.282. The van der Waals surface area contributed by atoms with Gasteiger partial charge < -0.3 is 20.5 Å². The summed E-state index contributed by atoms with van der Waals surface area (Å²) in [5.74, 6) is 2.13. The third kappa shape index (κ3) is 2.62. The van der Waals surface area contributed by atoms with Crippen molar-refractivity contribution in [2.24, 2.45) is 0 Å². The molecule has 0 fully saturated rings. The second-order valence-corrected chi connectivity index (χ2v) is 3.59. The Bertz CT molecular complexity index is 526. The zero-order chi connectivity index (χ0) is 13.0. The van der Waals surface area contributed by atoms with Crippen molar-refractivity contribution in [3.8, 4) is 11.5 Å². The van der Waals surface area contributed by atoms with Crippen LogP contribution < -0.4 is 20.5 Å². The van der Waals surface area contributed by atoms with E-state index in [1.54, 1.807) is 14.2 Å². The van der Waals surface area contributed by atoms with Gasteiger partial charge in [0.1, 0.15) is 0 Å². The highest BCUT2D eigenvalue weighted by atomic mass is 16.5. The fourth-order valence-electron chi connectivity index (χ4n) is 1.53. The van der Waals surface area contributed by atoms with E-state index in [2.05, 4.69) is 20.5 Å². The van der Waals surface area contributed by atoms with Gasteiger partial charge in [-0.3, -0.25) is 0 Å². The molecule has 1 aromatic heterocycles. The molecule has 0 aliphatic heterocycles. The van der Waals surface area contributed by atoms with Gasteiger partial charge >= 0.3 is 0 Å². The number of methoxy groups -OCH3 is 2. The van der Waals surface area contributed by atoms with E-state index in [1.807, 2.05) is 18.2 Å². The van der Waals surface area contributed by atoms with E-state index in [0.717, 1.165) is 5.56 Å². The van der Waals surface area contributed by atoms with Crippen molar-refractivity contribution in [2.75, 3.05) is 25.3 Å². The van der Waals surface area contributed by atoms with E-state index in [9.17, 15) is 0 Å². The van der Waals surface area contributed by atoms with E-state index in [-0.39, 0.29) is 5.95 Å². The molecule has 1 heterocycles. The molecular weight excluding hydrogens is 234 g/mol. The van der Waals surface area contributed by atoms with Crippen molar-refractivity contribution >= 4 is 11.9 Å². The summed E-state index contributed by atoms with van der Waals surface area (Å²) in [5.41, 5.74) is 6.45. The van der Waals surface area contributed by atoms with Gasteiger partial charge in [-0.15, -0.1) is 5.10 Å². The standard InChI is InChI=1S/C11H15N5O2/c1-17-8-4-3-7(5-9(8)18-2)6-13-11-14-10(12)15-16-11/h3-5H,6H2,1-2H3,(H4,12,13,14,15,16). The van der Waals surface area contributed by atoms with Gasteiger partial charge in [-0.05, 0) is 17.7 Å². The lowest BCUT2D eigenvalue weighted by Crippen LogP contribution is -2.02. The number of nitrogens with one attached hydrogen (secondary N) is 2. The van der Waals surface area contributed by atoms with Crippen LogP contribution in [-0.4, -0.2) is 29.4 Å². The monoisotopic (exact) mass is 249 g/mol. The molecule has 7 nitrogen and oxygen atoms in total. The number of benzene rings is 1. The molecule has 0 aliphatic rings. The molecule has 7 heteroatoms. The van der Waals surface area contributed by atoms with Crippen LogP contribution in [0.1, 0.15) is 5.56 Å². The van der Waals surface area contributed by atoms with Crippen LogP contribution >= 0.6 is 0 Å². The maximum atomic E-state index is 5.43. The summed E-state index contributed by atoms with van der Waals surface area (Å²) in [4.78, 5) is 3.95. The SMILES string of the molecule is COc1ccc(CNc2n[nH]c(N)n2)cc1OC. The average Bonchev–Trinajstić information content (AvgIpc) is 2.81. The first-order valence-corrected chi connectivity index (χ1v) is 5.35. The minimum Gasteiger partial charge on any atom is -0.493 e. The van der Waals surface area contributed by atoms with E-state index >= 15 is 0 Å². The van der Waals surface area contributed by atoms with Gasteiger partial charge in [0.15, 0.2) is 11.5 Å². The van der Waals surface area contributed by atoms with Crippen molar-refractivity contribution in [3.63, 3.8) is 0 Å². The summed E-state index contributed by atoms with van der Waals surface area (Å²) in [7, 11) is 3.21. The number of hydrogen-bond acceptors (Lipinski definition) is 6. The van der Waals surface area contributed by atoms with Crippen molar-refractivity contribution in [1.29, 1.82) is 0 Å². The number of ether oxygens (including phenoxy) is 2. The minimum atomic E-state index is 0.282. The predicted octanol–water partition coefficient (Wildman–Crippen LogP) is 1.02. The van der Waals surface area contributed by atoms with Gasteiger partial charge in [0.05, 0.1) is 14.2 Å². The molecule has 0 amide bonds. The van der Waals surface area contributed by atoms with Crippen molar-refractivity contribution in [2.45, 2.75) is 6.54 Å². The number of H-pyrrole nitrogens is 1. The van der Waals surface area contributed by atoms with Crippen LogP contribution in [0.3, 0.4) is 0 Å². The molecule has 0 aliphatic carbocycles. The number of nitrogens with two attached hydrogens (primary N) is 1. The van der Waals surface area contributed by atoms with Crippen molar-refractivity contribution < 1.29 is 9.47 Å². The molecule has 4 N–H and O–H groups in total. The Morgan fingerprint density at radius 3 is 2.67 bits per heavy atom. The summed E-state index contributed by atoms with van der Waals surface area (Å²) >= 11 is 0. The van der Waals surface area contributed by atoms with Gasteiger partial charge in [0.25, 0.3) is 0 Å². The van der Waals surface area contributed by atoms with E-state index in [1.165, 1.54) is 0 Å². The fourth-order valence-corrected chi connectivity index (χ4v) is 1.53. The molecular formula is C11H15N5O2. The van der Waals surface area contributed by atoms with Crippen LogP contribution in [0.5, 0.6) is 11.5 Å². The zero-order valence-electron chi connectivity index (χ0n) is 10.2. The second kappa shape index (κ2) is 5.26. The third-order valence-electron chi connectivity index (χ3n) is 2.40. The van der Waals surface area contributed by atoms with Crippen LogP contribution in [0, 0.1) is 0 Å². The topological polar surface area (TPSA) is 98.1 Å². The van der Waals surface area contributed by atoms with Crippen molar-refractivity contribution in [1.82, 2.24) is 15.2 Å². The molecule has 1 aromatic carbocycles. The van der Waals surface area contributed by atoms with E-state index in [4.69, 9.17) is 15.2 Å². The number of nitrogens with zero attached hydrogens (tertiary/aromatic N) is 2. The summed E-state index contributed by atoms with van der Waals surface area (Å²) in [6.45, 7) is 0.567. The lowest BCUT2D eigenvalue weighted by molar-refractivity contribution is 0.354. The second-order valence-electron chi connectivity index (χ2n) is 3.59. The number of hydrogen-bond donors (Lipinski definition) is 3. The number of aromatic nitrogens is 3. The third-order valence-corrected chi connectivity index (χ3v) is 2.40. The van der Waals surface area contributed by atoms with Crippen molar-refractivity contribution in [3.05, 3.63) is 23.8 Å². The van der Waals surface area contributed by atoms with Gasteiger partial charge in [-0.25, -0.2) is 5.10 Å². The number of anilines is 2. The molecule has 2 rings (SSSR count). The maximum Gasteiger partial charge on any atom is 0.243 e. The first-order valence-electron chi connectivity index (χ1n) is 5.35. The highest BCUT2D eigenvalue weighted by Gasteiger charge is 2.05. The van der Waals surface area contributed by atoms with Crippen LogP contribution in [0.4, 0.5) is 11.9 Å². The predicted molar refractivity (Wildman–Crippen MR) is 67.7 cm³/mol. The Kier molecular flexibility index (Phi) is 3.52.